The van der Waals surface area contributed by atoms with Crippen molar-refractivity contribution >= 4 is 126 Å². The molecule has 2 aromatic heterocycles. The fourth-order valence-corrected chi connectivity index (χ4v) is 12.9. The lowest BCUT2D eigenvalue weighted by molar-refractivity contribution is 0.669. The summed E-state index contributed by atoms with van der Waals surface area (Å²) < 4.78 is 14.6. The van der Waals surface area contributed by atoms with Crippen LogP contribution in [-0.4, -0.2) is 0 Å². The number of anilines is 5. The third-order valence-electron chi connectivity index (χ3n) is 16.5. The van der Waals surface area contributed by atoms with Crippen LogP contribution in [0.3, 0.4) is 0 Å². The number of para-hydroxylation sites is 2. The Morgan fingerprint density at radius 3 is 1.34 bits per heavy atom. The van der Waals surface area contributed by atoms with E-state index in [0.717, 1.165) is 160 Å². The molecule has 6 heteroatoms. The van der Waals surface area contributed by atoms with Gasteiger partial charge in [0.1, 0.15) is 11.2 Å². The number of allylic oxidation sites excluding steroid dienone is 4. The lowest BCUT2D eigenvalue weighted by Gasteiger charge is -2.31. The maximum atomic E-state index is 10.1. The van der Waals surface area contributed by atoms with Crippen LogP contribution >= 0.6 is 0 Å². The number of rotatable bonds is 8. The lowest BCUT2D eigenvalue weighted by Crippen LogP contribution is -2.18. The number of nitrogens with zero attached hydrogens (tertiary/aromatic N) is 4. The van der Waals surface area contributed by atoms with Gasteiger partial charge in [0.15, 0.2) is 11.2 Å². The van der Waals surface area contributed by atoms with Crippen LogP contribution in [-0.2, 0) is 0 Å². The highest BCUT2D eigenvalue weighted by Crippen LogP contribution is 2.52. The molecule has 0 unspecified atom stereocenters. The summed E-state index contributed by atoms with van der Waals surface area (Å²) in [5.41, 5.74) is 14.6. The van der Waals surface area contributed by atoms with E-state index in [1.165, 1.54) is 0 Å². The molecule has 16 rings (SSSR count). The second kappa shape index (κ2) is 17.8. The molecule has 80 heavy (non-hydrogen) atoms. The second-order valence-corrected chi connectivity index (χ2v) is 20.8. The van der Waals surface area contributed by atoms with Crippen molar-refractivity contribution in [3.63, 3.8) is 0 Å². The Morgan fingerprint density at radius 2 is 0.825 bits per heavy atom. The molecule has 0 radical (unpaired) electrons. The molecule has 2 heterocycles. The Balaban J connectivity index is 0.946. The van der Waals surface area contributed by atoms with Gasteiger partial charge in [-0.25, -0.2) is 0 Å². The summed E-state index contributed by atoms with van der Waals surface area (Å²) in [7, 11) is 0. The van der Waals surface area contributed by atoms with Crippen molar-refractivity contribution in [2.45, 2.75) is 12.8 Å². The highest BCUT2D eigenvalue weighted by molar-refractivity contribution is 6.30. The first kappa shape index (κ1) is 45.3. The Kier molecular flexibility index (Phi) is 10.1. The van der Waals surface area contributed by atoms with Crippen molar-refractivity contribution in [3.05, 3.63) is 260 Å². The molecule has 0 fully saturated rings. The highest BCUT2D eigenvalue weighted by Gasteiger charge is 2.29. The summed E-state index contributed by atoms with van der Waals surface area (Å²) >= 11 is 0. The van der Waals surface area contributed by atoms with E-state index >= 15 is 0 Å². The van der Waals surface area contributed by atoms with Crippen molar-refractivity contribution in [1.29, 1.82) is 10.5 Å². The third-order valence-corrected chi connectivity index (χ3v) is 16.5. The molecule has 0 saturated carbocycles. The zero-order valence-corrected chi connectivity index (χ0v) is 43.1. The van der Waals surface area contributed by atoms with Crippen LogP contribution in [0.4, 0.5) is 28.4 Å². The zero-order valence-electron chi connectivity index (χ0n) is 43.1. The van der Waals surface area contributed by atoms with Crippen LogP contribution in [0.5, 0.6) is 0 Å². The molecule has 372 valence electrons. The molecule has 0 aliphatic heterocycles. The fraction of sp³-hybridized carbons (Fsp3) is 0.0270. The van der Waals surface area contributed by atoms with E-state index in [1.807, 2.05) is 36.4 Å². The lowest BCUT2D eigenvalue weighted by atomic mass is 9.91. The van der Waals surface area contributed by atoms with Crippen LogP contribution in [0, 0.1) is 22.7 Å². The second-order valence-electron chi connectivity index (χ2n) is 20.8. The number of fused-ring (bicyclic) bond motifs is 10. The quantitative estimate of drug-likeness (QED) is 0.141. The van der Waals surface area contributed by atoms with Crippen LogP contribution in [0.25, 0.3) is 120 Å². The molecule has 6 nitrogen and oxygen atoms in total. The molecule has 13 aromatic carbocycles. The van der Waals surface area contributed by atoms with Crippen LogP contribution in [0.1, 0.15) is 18.4 Å². The number of furan rings is 2. The van der Waals surface area contributed by atoms with Crippen molar-refractivity contribution in [2.24, 2.45) is 0 Å². The Labute approximate surface area is 459 Å². The van der Waals surface area contributed by atoms with Gasteiger partial charge < -0.3 is 18.6 Å². The van der Waals surface area contributed by atoms with Crippen LogP contribution in [0.2, 0.25) is 0 Å². The van der Waals surface area contributed by atoms with Crippen molar-refractivity contribution in [1.82, 2.24) is 0 Å². The Bertz CT molecular complexity index is 5210. The summed E-state index contributed by atoms with van der Waals surface area (Å²) in [5.74, 6) is 0. The molecular formula is C74H44N4O2. The number of benzene rings is 13. The molecule has 0 amide bonds. The minimum atomic E-state index is 0.581. The normalized spacial score (nSPS) is 12.8. The van der Waals surface area contributed by atoms with Crippen molar-refractivity contribution in [3.8, 4) is 34.4 Å². The standard InChI is InChI=1S/C74H44N4O2/c75-43-45-25-33-53(34-26-45)77(65-23-11-21-59-69-55-19-9-7-17-51(55)41-61(73(69)79-71(59)65)47-13-3-1-4-14-47)63-39-31-49-30-38-58-64(40-32-50-29-37-57(63)67(49)68(50)58)78(54-35-27-46(44-76)28-36-54)66-24-12-22-60-70-56-20-10-8-18-52(56)42-62(74(70)80-72(60)66)48-15-5-2-6-16-48/h1-27,29-35,37-42H,28,36H2. The van der Waals surface area contributed by atoms with Gasteiger partial charge in [-0.1, -0.05) is 170 Å². The van der Waals surface area contributed by atoms with E-state index in [1.54, 1.807) is 0 Å². The SMILES string of the molecule is N#CC1=CC=C(N(c2ccc3ccc4c(N(c5ccc(C#N)cc5)c5cccc6c5oc5c(-c7ccccc7)cc7ccccc7c56)ccc5ccc2c3c54)c2cccc3c2oc2c(-c4ccccc4)cc4ccccc4c23)CC1. The van der Waals surface area contributed by atoms with Crippen molar-refractivity contribution < 1.29 is 8.83 Å². The van der Waals surface area contributed by atoms with Gasteiger partial charge in [-0.2, -0.15) is 10.5 Å². The van der Waals surface area contributed by atoms with Crippen LogP contribution < -0.4 is 9.80 Å². The smallest absolute Gasteiger partial charge is 0.159 e. The summed E-state index contributed by atoms with van der Waals surface area (Å²) in [6.07, 6.45) is 5.37. The van der Waals surface area contributed by atoms with Gasteiger partial charge >= 0.3 is 0 Å². The zero-order chi connectivity index (χ0) is 53.0. The molecule has 0 N–H and O–H groups in total. The molecule has 1 aliphatic rings. The first-order chi connectivity index (χ1) is 39.6. The van der Waals surface area contributed by atoms with E-state index in [9.17, 15) is 10.5 Å². The monoisotopic (exact) mass is 1020 g/mol. The topological polar surface area (TPSA) is 80.3 Å². The molecule has 0 bridgehead atoms. The Morgan fingerprint density at radius 1 is 0.338 bits per heavy atom. The van der Waals surface area contributed by atoms with Gasteiger partial charge in [0, 0.05) is 60.4 Å². The van der Waals surface area contributed by atoms with E-state index in [4.69, 9.17) is 8.83 Å². The Hall–Kier alpha value is -10.9. The fourth-order valence-electron chi connectivity index (χ4n) is 12.9. The minimum Gasteiger partial charge on any atom is -0.453 e. The minimum absolute atomic E-state index is 0.581. The molecule has 0 atom stereocenters. The predicted molar refractivity (Wildman–Crippen MR) is 330 cm³/mol. The van der Waals surface area contributed by atoms with Gasteiger partial charge in [0.2, 0.25) is 0 Å². The molecule has 0 saturated heterocycles. The van der Waals surface area contributed by atoms with Gasteiger partial charge in [-0.15, -0.1) is 0 Å². The highest BCUT2D eigenvalue weighted by atomic mass is 16.3. The third kappa shape index (κ3) is 6.83. The number of nitriles is 2. The maximum absolute atomic E-state index is 10.1. The van der Waals surface area contributed by atoms with E-state index in [-0.39, 0.29) is 0 Å². The summed E-state index contributed by atoms with van der Waals surface area (Å²) in [5, 5.41) is 35.6. The first-order valence-electron chi connectivity index (χ1n) is 27.1. The van der Waals surface area contributed by atoms with Crippen LogP contribution in [0.15, 0.2) is 263 Å². The largest absolute Gasteiger partial charge is 0.453 e. The molecule has 1 aliphatic carbocycles. The predicted octanol–water partition coefficient (Wildman–Crippen LogP) is 20.6. The average Bonchev–Trinajstić information content (AvgIpc) is 4.29. The maximum Gasteiger partial charge on any atom is 0.159 e. The summed E-state index contributed by atoms with van der Waals surface area (Å²) in [4.78, 5) is 4.68. The van der Waals surface area contributed by atoms with E-state index in [2.05, 4.69) is 228 Å². The molecular weight excluding hydrogens is 977 g/mol. The van der Waals surface area contributed by atoms with Gasteiger partial charge in [0.25, 0.3) is 0 Å². The van der Waals surface area contributed by atoms with Gasteiger partial charge in [0.05, 0.1) is 40.5 Å². The summed E-state index contributed by atoms with van der Waals surface area (Å²) in [6, 6.07) is 86.2. The molecule has 15 aromatic rings. The first-order valence-corrected chi connectivity index (χ1v) is 27.1. The van der Waals surface area contributed by atoms with Crippen molar-refractivity contribution in [2.75, 3.05) is 9.80 Å². The van der Waals surface area contributed by atoms with E-state index in [0.29, 0.717) is 18.4 Å². The van der Waals surface area contributed by atoms with E-state index < -0.39 is 0 Å². The van der Waals surface area contributed by atoms with Gasteiger partial charge in [-0.3, -0.25) is 0 Å². The van der Waals surface area contributed by atoms with Gasteiger partial charge in [-0.05, 0) is 140 Å². The average molecular weight is 1020 g/mol. The summed E-state index contributed by atoms with van der Waals surface area (Å²) in [6.45, 7) is 0. The molecule has 0 spiro atoms. The number of hydrogen-bond donors (Lipinski definition) is 0. The number of hydrogen-bond acceptors (Lipinski definition) is 6.